The second-order valence-corrected chi connectivity index (χ2v) is 7.36. The van der Waals surface area contributed by atoms with Gasteiger partial charge in [-0.3, -0.25) is 14.5 Å². The van der Waals surface area contributed by atoms with Gasteiger partial charge in [-0.2, -0.15) is 0 Å². The fourth-order valence-corrected chi connectivity index (χ4v) is 3.55. The molecule has 1 aromatic carbocycles. The highest BCUT2D eigenvalue weighted by Crippen LogP contribution is 2.29. The molecule has 25 heavy (non-hydrogen) atoms. The first kappa shape index (κ1) is 17.9. The van der Waals surface area contributed by atoms with Crippen molar-refractivity contribution in [3.8, 4) is 0 Å². The number of ether oxygens (including phenoxy) is 1. The second-order valence-electron chi connectivity index (χ2n) is 7.36. The number of carbonyl (C=O) groups excluding carboxylic acids is 2. The van der Waals surface area contributed by atoms with Crippen LogP contribution in [0.15, 0.2) is 18.2 Å². The first-order valence-corrected chi connectivity index (χ1v) is 8.90. The number of hydrogen-bond donors (Lipinski definition) is 1. The highest BCUT2D eigenvalue weighted by atomic mass is 16.5. The molecule has 1 aromatic rings. The summed E-state index contributed by atoms with van der Waals surface area (Å²) in [5.41, 5.74) is 2.54. The SMILES string of the molecule is CC(=O)N1CCc2cc(C(=O)NCC(C)(C)N3CCOCC3)ccc21. The zero-order chi connectivity index (χ0) is 18.0. The summed E-state index contributed by atoms with van der Waals surface area (Å²) in [6, 6.07) is 5.60. The van der Waals surface area contributed by atoms with E-state index >= 15 is 0 Å². The van der Waals surface area contributed by atoms with Crippen molar-refractivity contribution in [1.82, 2.24) is 10.2 Å². The third-order valence-electron chi connectivity index (χ3n) is 5.17. The van der Waals surface area contributed by atoms with Crippen LogP contribution in [0, 0.1) is 0 Å². The van der Waals surface area contributed by atoms with Gasteiger partial charge in [-0.15, -0.1) is 0 Å². The zero-order valence-electron chi connectivity index (χ0n) is 15.3. The summed E-state index contributed by atoms with van der Waals surface area (Å²) in [5, 5.41) is 3.06. The molecule has 3 rings (SSSR count). The maximum Gasteiger partial charge on any atom is 0.251 e. The molecule has 0 radical (unpaired) electrons. The van der Waals surface area contributed by atoms with Crippen molar-refractivity contribution in [2.45, 2.75) is 32.7 Å². The van der Waals surface area contributed by atoms with Gasteiger partial charge in [0.1, 0.15) is 0 Å². The molecule has 2 aliphatic heterocycles. The van der Waals surface area contributed by atoms with Gasteiger partial charge in [-0.05, 0) is 44.0 Å². The fourth-order valence-electron chi connectivity index (χ4n) is 3.55. The van der Waals surface area contributed by atoms with Crippen molar-refractivity contribution in [2.24, 2.45) is 0 Å². The molecule has 2 amide bonds. The van der Waals surface area contributed by atoms with Crippen LogP contribution >= 0.6 is 0 Å². The normalized spacial score (nSPS) is 18.1. The molecule has 136 valence electrons. The third kappa shape index (κ3) is 3.85. The molecule has 0 aromatic heterocycles. The van der Waals surface area contributed by atoms with Gasteiger partial charge in [-0.25, -0.2) is 0 Å². The highest BCUT2D eigenvalue weighted by molar-refractivity contribution is 5.97. The van der Waals surface area contributed by atoms with E-state index in [0.29, 0.717) is 18.7 Å². The number of rotatable bonds is 4. The number of morpholine rings is 1. The lowest BCUT2D eigenvalue weighted by Gasteiger charge is -2.40. The number of anilines is 1. The van der Waals surface area contributed by atoms with E-state index in [4.69, 9.17) is 4.74 Å². The molecule has 1 saturated heterocycles. The maximum atomic E-state index is 12.6. The molecule has 0 spiro atoms. The molecule has 0 atom stereocenters. The Bertz CT molecular complexity index is 666. The van der Waals surface area contributed by atoms with Crippen LogP contribution in [0.2, 0.25) is 0 Å². The summed E-state index contributed by atoms with van der Waals surface area (Å²) in [7, 11) is 0. The van der Waals surface area contributed by atoms with Crippen molar-refractivity contribution >= 4 is 17.5 Å². The topological polar surface area (TPSA) is 61.9 Å². The molecule has 2 aliphatic rings. The molecule has 1 N–H and O–H groups in total. The lowest BCUT2D eigenvalue weighted by Crippen LogP contribution is -2.55. The van der Waals surface area contributed by atoms with Gasteiger partial charge in [0.15, 0.2) is 0 Å². The van der Waals surface area contributed by atoms with Crippen LogP contribution in [0.1, 0.15) is 36.7 Å². The standard InChI is InChI=1S/C19H27N3O3/c1-14(23)22-7-6-15-12-16(4-5-17(15)22)18(24)20-13-19(2,3)21-8-10-25-11-9-21/h4-5,12H,6-11,13H2,1-3H3,(H,20,24). The minimum absolute atomic E-state index is 0.0446. The summed E-state index contributed by atoms with van der Waals surface area (Å²) < 4.78 is 5.40. The van der Waals surface area contributed by atoms with Crippen molar-refractivity contribution in [3.63, 3.8) is 0 Å². The number of fused-ring (bicyclic) bond motifs is 1. The van der Waals surface area contributed by atoms with E-state index in [-0.39, 0.29) is 17.4 Å². The van der Waals surface area contributed by atoms with E-state index in [2.05, 4.69) is 24.1 Å². The predicted octanol–water partition coefficient (Wildman–Crippen LogP) is 1.44. The first-order chi connectivity index (χ1) is 11.9. The highest BCUT2D eigenvalue weighted by Gasteiger charge is 2.29. The molecule has 6 nitrogen and oxygen atoms in total. The third-order valence-corrected chi connectivity index (χ3v) is 5.17. The van der Waals surface area contributed by atoms with Crippen LogP contribution in [0.25, 0.3) is 0 Å². The lowest BCUT2D eigenvalue weighted by atomic mass is 10.0. The van der Waals surface area contributed by atoms with E-state index < -0.39 is 0 Å². The zero-order valence-corrected chi connectivity index (χ0v) is 15.3. The van der Waals surface area contributed by atoms with Crippen molar-refractivity contribution in [1.29, 1.82) is 0 Å². The van der Waals surface area contributed by atoms with Gasteiger partial charge in [0, 0.05) is 49.9 Å². The monoisotopic (exact) mass is 345 g/mol. The number of hydrogen-bond acceptors (Lipinski definition) is 4. The second kappa shape index (κ2) is 7.14. The van der Waals surface area contributed by atoms with Gasteiger partial charge in [-0.1, -0.05) is 0 Å². The number of nitrogens with zero attached hydrogens (tertiary/aromatic N) is 2. The fraction of sp³-hybridized carbons (Fsp3) is 0.579. The van der Waals surface area contributed by atoms with Gasteiger partial charge < -0.3 is 15.0 Å². The van der Waals surface area contributed by atoms with E-state index in [1.54, 1.807) is 17.9 Å². The molecular formula is C19H27N3O3. The quantitative estimate of drug-likeness (QED) is 0.897. The van der Waals surface area contributed by atoms with Gasteiger partial charge in [0.05, 0.1) is 13.2 Å². The Morgan fingerprint density at radius 1 is 1.20 bits per heavy atom. The molecule has 6 heteroatoms. The van der Waals surface area contributed by atoms with Crippen LogP contribution in [0.5, 0.6) is 0 Å². The summed E-state index contributed by atoms with van der Waals surface area (Å²) in [5.74, 6) is -0.0198. The molecule has 2 heterocycles. The Balaban J connectivity index is 1.63. The van der Waals surface area contributed by atoms with Gasteiger partial charge >= 0.3 is 0 Å². The van der Waals surface area contributed by atoms with Crippen LogP contribution in [0.3, 0.4) is 0 Å². The van der Waals surface area contributed by atoms with E-state index in [0.717, 1.165) is 44.0 Å². The average Bonchev–Trinajstić information content (AvgIpc) is 3.04. The van der Waals surface area contributed by atoms with Crippen LogP contribution in [-0.2, 0) is 16.0 Å². The largest absolute Gasteiger partial charge is 0.379 e. The van der Waals surface area contributed by atoms with Gasteiger partial charge in [0.25, 0.3) is 5.91 Å². The first-order valence-electron chi connectivity index (χ1n) is 8.90. The van der Waals surface area contributed by atoms with E-state index in [1.165, 1.54) is 0 Å². The van der Waals surface area contributed by atoms with Crippen molar-refractivity contribution in [2.75, 3.05) is 44.3 Å². The molecule has 1 fully saturated rings. The summed E-state index contributed by atoms with van der Waals surface area (Å²) >= 11 is 0. The molecule has 0 unspecified atom stereocenters. The maximum absolute atomic E-state index is 12.6. The van der Waals surface area contributed by atoms with E-state index in [1.807, 2.05) is 12.1 Å². The molecule has 0 bridgehead atoms. The van der Waals surface area contributed by atoms with Crippen LogP contribution < -0.4 is 10.2 Å². The summed E-state index contributed by atoms with van der Waals surface area (Å²) in [6.07, 6.45) is 0.801. The van der Waals surface area contributed by atoms with Crippen LogP contribution in [-0.4, -0.2) is 61.6 Å². The minimum atomic E-state index is -0.110. The molecule has 0 saturated carbocycles. The minimum Gasteiger partial charge on any atom is -0.379 e. The van der Waals surface area contributed by atoms with Gasteiger partial charge in [0.2, 0.25) is 5.91 Å². The Morgan fingerprint density at radius 2 is 1.92 bits per heavy atom. The predicted molar refractivity (Wildman–Crippen MR) is 97.0 cm³/mol. The van der Waals surface area contributed by atoms with Crippen LogP contribution in [0.4, 0.5) is 5.69 Å². The Hall–Kier alpha value is -1.92. The number of nitrogens with one attached hydrogen (secondary N) is 1. The number of amides is 2. The smallest absolute Gasteiger partial charge is 0.251 e. The average molecular weight is 345 g/mol. The Labute approximate surface area is 149 Å². The Morgan fingerprint density at radius 3 is 2.60 bits per heavy atom. The molecular weight excluding hydrogens is 318 g/mol. The number of benzene rings is 1. The van der Waals surface area contributed by atoms with Crippen molar-refractivity contribution < 1.29 is 14.3 Å². The van der Waals surface area contributed by atoms with E-state index in [9.17, 15) is 9.59 Å². The summed E-state index contributed by atoms with van der Waals surface area (Å²) in [4.78, 5) is 28.3. The lowest BCUT2D eigenvalue weighted by molar-refractivity contribution is -0.116. The van der Waals surface area contributed by atoms with Crippen molar-refractivity contribution in [3.05, 3.63) is 29.3 Å². The summed E-state index contributed by atoms with van der Waals surface area (Å²) in [6.45, 7) is 10.4. The number of carbonyl (C=O) groups is 2. The molecule has 0 aliphatic carbocycles. The Kier molecular flexibility index (Phi) is 5.11.